The Bertz CT molecular complexity index is 513. The van der Waals surface area contributed by atoms with Crippen LogP contribution in [0.15, 0.2) is 18.2 Å². The Labute approximate surface area is 132 Å². The molecule has 1 aromatic rings. The summed E-state index contributed by atoms with van der Waals surface area (Å²) in [7, 11) is 0. The van der Waals surface area contributed by atoms with Crippen LogP contribution >= 0.6 is 22.6 Å². The summed E-state index contributed by atoms with van der Waals surface area (Å²) >= 11 is 2.25. The minimum atomic E-state index is -0.00896. The van der Waals surface area contributed by atoms with Gasteiger partial charge in [-0.15, -0.1) is 0 Å². The fourth-order valence-electron chi connectivity index (χ4n) is 1.84. The van der Waals surface area contributed by atoms with Crippen LogP contribution in [0.1, 0.15) is 31.2 Å². The molecule has 0 bridgehead atoms. The molecule has 1 saturated carbocycles. The second-order valence-electron chi connectivity index (χ2n) is 5.18. The van der Waals surface area contributed by atoms with Gasteiger partial charge >= 0.3 is 0 Å². The van der Waals surface area contributed by atoms with Crippen LogP contribution in [0.4, 0.5) is 5.69 Å². The summed E-state index contributed by atoms with van der Waals surface area (Å²) in [5.41, 5.74) is 2.03. The Balaban J connectivity index is 1.66. The molecule has 1 fully saturated rings. The molecule has 1 aliphatic carbocycles. The van der Waals surface area contributed by atoms with E-state index in [1.54, 1.807) is 0 Å². The maximum atomic E-state index is 11.8. The molecule has 2 amide bonds. The first-order valence-electron chi connectivity index (χ1n) is 6.90. The van der Waals surface area contributed by atoms with Crippen molar-refractivity contribution in [3.63, 3.8) is 0 Å². The van der Waals surface area contributed by atoms with Gasteiger partial charge in [-0.05, 0) is 66.5 Å². The predicted octanol–water partition coefficient (Wildman–Crippen LogP) is 2.84. The van der Waals surface area contributed by atoms with E-state index >= 15 is 0 Å². The zero-order valence-electron chi connectivity index (χ0n) is 11.5. The van der Waals surface area contributed by atoms with Crippen LogP contribution in [0.25, 0.3) is 0 Å². The molecule has 0 atom stereocenters. The van der Waals surface area contributed by atoms with Gasteiger partial charge in [-0.2, -0.15) is 0 Å². The number of carbonyl (C=O) groups is 2. The summed E-state index contributed by atoms with van der Waals surface area (Å²) in [5.74, 6) is 0.363. The van der Waals surface area contributed by atoms with Crippen molar-refractivity contribution in [2.75, 3.05) is 11.9 Å². The van der Waals surface area contributed by atoms with Crippen molar-refractivity contribution in [1.82, 2.24) is 5.32 Å². The Kier molecular flexibility index (Phi) is 5.39. The Hall–Kier alpha value is -1.11. The van der Waals surface area contributed by atoms with Crippen LogP contribution < -0.4 is 10.6 Å². The molecule has 5 heteroatoms. The molecule has 0 radical (unpaired) electrons. The third-order valence-electron chi connectivity index (χ3n) is 3.28. The van der Waals surface area contributed by atoms with Gasteiger partial charge in [-0.1, -0.05) is 6.07 Å². The summed E-state index contributed by atoms with van der Waals surface area (Å²) in [6.07, 6.45) is 3.12. The SMILES string of the molecule is Cc1ccc(NC(=O)CCCNC(=O)C2CC2)cc1I. The van der Waals surface area contributed by atoms with E-state index in [0.29, 0.717) is 19.4 Å². The molecule has 1 aliphatic rings. The van der Waals surface area contributed by atoms with Crippen LogP contribution in [0.2, 0.25) is 0 Å². The monoisotopic (exact) mass is 386 g/mol. The molecule has 0 saturated heterocycles. The van der Waals surface area contributed by atoms with Gasteiger partial charge < -0.3 is 10.6 Å². The first kappa shape index (κ1) is 15.3. The molecular formula is C15H19IN2O2. The molecule has 0 unspecified atom stereocenters. The Morgan fingerprint density at radius 3 is 2.75 bits per heavy atom. The Morgan fingerprint density at radius 1 is 1.35 bits per heavy atom. The summed E-state index contributed by atoms with van der Waals surface area (Å²) in [6, 6.07) is 5.86. The van der Waals surface area contributed by atoms with Crippen molar-refractivity contribution in [1.29, 1.82) is 0 Å². The number of anilines is 1. The number of halogens is 1. The van der Waals surface area contributed by atoms with Crippen LogP contribution in [0, 0.1) is 16.4 Å². The smallest absolute Gasteiger partial charge is 0.224 e. The van der Waals surface area contributed by atoms with Gasteiger partial charge in [0.15, 0.2) is 0 Å². The van der Waals surface area contributed by atoms with Gasteiger partial charge in [0.05, 0.1) is 0 Å². The highest BCUT2D eigenvalue weighted by molar-refractivity contribution is 14.1. The van der Waals surface area contributed by atoms with E-state index < -0.39 is 0 Å². The molecule has 4 nitrogen and oxygen atoms in total. The van der Waals surface area contributed by atoms with Crippen molar-refractivity contribution in [3.05, 3.63) is 27.3 Å². The lowest BCUT2D eigenvalue weighted by Crippen LogP contribution is -2.26. The van der Waals surface area contributed by atoms with E-state index in [9.17, 15) is 9.59 Å². The van der Waals surface area contributed by atoms with Gasteiger partial charge in [0.25, 0.3) is 0 Å². The number of carbonyl (C=O) groups excluding carboxylic acids is 2. The number of amides is 2. The van der Waals surface area contributed by atoms with Gasteiger partial charge in [-0.25, -0.2) is 0 Å². The number of benzene rings is 1. The van der Waals surface area contributed by atoms with E-state index in [-0.39, 0.29) is 17.7 Å². The minimum absolute atomic E-state index is 0.00896. The molecule has 0 aliphatic heterocycles. The topological polar surface area (TPSA) is 58.2 Å². The molecule has 0 spiro atoms. The maximum absolute atomic E-state index is 11.8. The number of hydrogen-bond acceptors (Lipinski definition) is 2. The first-order valence-corrected chi connectivity index (χ1v) is 7.98. The fourth-order valence-corrected chi connectivity index (χ4v) is 2.36. The maximum Gasteiger partial charge on any atom is 0.224 e. The molecule has 1 aromatic carbocycles. The van der Waals surface area contributed by atoms with Gasteiger partial charge in [0.2, 0.25) is 11.8 Å². The molecule has 2 N–H and O–H groups in total. The van der Waals surface area contributed by atoms with Crippen LogP contribution in [-0.4, -0.2) is 18.4 Å². The standard InChI is InChI=1S/C15H19IN2O2/c1-10-4-7-12(9-13(10)16)18-14(19)3-2-8-17-15(20)11-5-6-11/h4,7,9,11H,2-3,5-6,8H2,1H3,(H,17,20)(H,18,19). The molecular weight excluding hydrogens is 367 g/mol. The number of nitrogens with one attached hydrogen (secondary N) is 2. The van der Waals surface area contributed by atoms with Crippen molar-refractivity contribution in [2.45, 2.75) is 32.6 Å². The number of rotatable bonds is 6. The van der Waals surface area contributed by atoms with Gasteiger partial charge in [0.1, 0.15) is 0 Å². The number of aryl methyl sites for hydroxylation is 1. The van der Waals surface area contributed by atoms with E-state index in [0.717, 1.165) is 22.1 Å². The molecule has 2 rings (SSSR count). The van der Waals surface area contributed by atoms with E-state index in [1.807, 2.05) is 25.1 Å². The zero-order chi connectivity index (χ0) is 14.5. The fraction of sp³-hybridized carbons (Fsp3) is 0.467. The summed E-state index contributed by atoms with van der Waals surface area (Å²) in [5, 5.41) is 5.74. The van der Waals surface area contributed by atoms with Gasteiger partial charge in [0, 0.05) is 28.1 Å². The van der Waals surface area contributed by atoms with E-state index in [4.69, 9.17) is 0 Å². The quantitative estimate of drug-likeness (QED) is 0.584. The lowest BCUT2D eigenvalue weighted by molar-refractivity contribution is -0.122. The van der Waals surface area contributed by atoms with Crippen LogP contribution in [0.3, 0.4) is 0 Å². The molecule has 0 heterocycles. The first-order chi connectivity index (χ1) is 9.56. The largest absolute Gasteiger partial charge is 0.356 e. The average molecular weight is 386 g/mol. The second kappa shape index (κ2) is 7.06. The highest BCUT2D eigenvalue weighted by Gasteiger charge is 2.28. The average Bonchev–Trinajstić information content (AvgIpc) is 3.23. The highest BCUT2D eigenvalue weighted by atomic mass is 127. The van der Waals surface area contributed by atoms with E-state index in [1.165, 1.54) is 5.56 Å². The Morgan fingerprint density at radius 2 is 2.10 bits per heavy atom. The third kappa shape index (κ3) is 4.77. The normalized spacial score (nSPS) is 13.9. The van der Waals surface area contributed by atoms with Crippen molar-refractivity contribution >= 4 is 40.1 Å². The zero-order valence-corrected chi connectivity index (χ0v) is 13.7. The third-order valence-corrected chi connectivity index (χ3v) is 4.45. The molecule has 20 heavy (non-hydrogen) atoms. The molecule has 0 aromatic heterocycles. The summed E-state index contributed by atoms with van der Waals surface area (Å²) < 4.78 is 1.14. The van der Waals surface area contributed by atoms with Crippen LogP contribution in [0.5, 0.6) is 0 Å². The van der Waals surface area contributed by atoms with Crippen molar-refractivity contribution < 1.29 is 9.59 Å². The summed E-state index contributed by atoms with van der Waals surface area (Å²) in [6.45, 7) is 2.62. The van der Waals surface area contributed by atoms with Crippen molar-refractivity contribution in [2.24, 2.45) is 5.92 Å². The molecule has 108 valence electrons. The predicted molar refractivity (Wildman–Crippen MR) is 87.5 cm³/mol. The minimum Gasteiger partial charge on any atom is -0.356 e. The van der Waals surface area contributed by atoms with Gasteiger partial charge in [-0.3, -0.25) is 9.59 Å². The lowest BCUT2D eigenvalue weighted by Gasteiger charge is -2.07. The second-order valence-corrected chi connectivity index (χ2v) is 6.34. The summed E-state index contributed by atoms with van der Waals surface area (Å²) in [4.78, 5) is 23.2. The van der Waals surface area contributed by atoms with Crippen LogP contribution in [-0.2, 0) is 9.59 Å². The van der Waals surface area contributed by atoms with Crippen molar-refractivity contribution in [3.8, 4) is 0 Å². The lowest BCUT2D eigenvalue weighted by atomic mass is 10.2. The van der Waals surface area contributed by atoms with E-state index in [2.05, 4.69) is 33.2 Å². The number of hydrogen-bond donors (Lipinski definition) is 2. The highest BCUT2D eigenvalue weighted by Crippen LogP contribution is 2.28.